The van der Waals surface area contributed by atoms with Crippen LogP contribution in [0.15, 0.2) is 41.8 Å². The van der Waals surface area contributed by atoms with Crippen LogP contribution < -0.4 is 5.32 Å². The first-order valence-corrected chi connectivity index (χ1v) is 10.6. The Balaban J connectivity index is 1.85. The molecule has 3 rings (SSSR count). The lowest BCUT2D eigenvalue weighted by Crippen LogP contribution is -2.87. The third kappa shape index (κ3) is 4.66. The van der Waals surface area contributed by atoms with Gasteiger partial charge in [0.05, 0.1) is 22.6 Å². The number of aromatic amines is 1. The highest BCUT2D eigenvalue weighted by Crippen LogP contribution is 2.24. The zero-order valence-corrected chi connectivity index (χ0v) is 18.1. The van der Waals surface area contributed by atoms with Crippen molar-refractivity contribution in [2.45, 2.75) is 33.7 Å². The number of hydrogen-bond acceptors (Lipinski definition) is 4. The summed E-state index contributed by atoms with van der Waals surface area (Å²) in [4.78, 5) is 29.8. The van der Waals surface area contributed by atoms with Crippen LogP contribution in [0.25, 0.3) is 0 Å². The minimum absolute atomic E-state index is 0.0333. The number of benzene rings is 1. The molecule has 0 aliphatic heterocycles. The van der Waals surface area contributed by atoms with Gasteiger partial charge in [0.1, 0.15) is 12.6 Å². The molecule has 0 aliphatic rings. The molecule has 1 atom stereocenters. The fraction of sp³-hybridized carbons (Fsp3) is 0.304. The van der Waals surface area contributed by atoms with Gasteiger partial charge >= 0.3 is 5.97 Å². The lowest BCUT2D eigenvalue weighted by Gasteiger charge is -2.15. The van der Waals surface area contributed by atoms with Crippen molar-refractivity contribution in [1.29, 1.82) is 0 Å². The second kappa shape index (κ2) is 9.20. The minimum Gasteiger partial charge on any atom is -0.462 e. The molecule has 5 nitrogen and oxygen atoms in total. The number of quaternary nitrogens is 1. The molecule has 29 heavy (non-hydrogen) atoms. The highest BCUT2D eigenvalue weighted by atomic mass is 32.1. The molecule has 0 saturated heterocycles. The number of thiophene rings is 1. The summed E-state index contributed by atoms with van der Waals surface area (Å²) >= 11 is 1.68. The summed E-state index contributed by atoms with van der Waals surface area (Å²) in [5, 5.41) is 4.08. The number of hydrogen-bond donors (Lipinski definition) is 2. The van der Waals surface area contributed by atoms with E-state index in [4.69, 9.17) is 4.74 Å². The zero-order chi connectivity index (χ0) is 21.0. The number of carbonyl (C=O) groups is 2. The molecule has 2 aromatic heterocycles. The summed E-state index contributed by atoms with van der Waals surface area (Å²) in [6, 6.07) is 12.5. The molecule has 3 N–H and O–H groups in total. The van der Waals surface area contributed by atoms with E-state index in [1.54, 1.807) is 25.2 Å². The molecule has 0 unspecified atom stereocenters. The molecule has 2 heterocycles. The summed E-state index contributed by atoms with van der Waals surface area (Å²) < 4.78 is 5.16. The molecule has 0 aliphatic carbocycles. The van der Waals surface area contributed by atoms with E-state index in [9.17, 15) is 9.59 Å². The topological polar surface area (TPSA) is 75.8 Å². The third-order valence-corrected chi connectivity index (χ3v) is 5.91. The molecule has 3 aromatic rings. The van der Waals surface area contributed by atoms with Gasteiger partial charge in [-0.1, -0.05) is 35.9 Å². The van der Waals surface area contributed by atoms with E-state index < -0.39 is 5.97 Å². The Labute approximate surface area is 175 Å². The first-order valence-electron chi connectivity index (χ1n) is 9.75. The summed E-state index contributed by atoms with van der Waals surface area (Å²) in [6.07, 6.45) is 0. The molecule has 0 spiro atoms. The Bertz CT molecular complexity index is 988. The van der Waals surface area contributed by atoms with E-state index in [0.29, 0.717) is 22.5 Å². The molecule has 0 bridgehead atoms. The molecule has 6 heteroatoms. The van der Waals surface area contributed by atoms with Crippen molar-refractivity contribution in [3.63, 3.8) is 0 Å². The van der Waals surface area contributed by atoms with Crippen LogP contribution in [0.4, 0.5) is 0 Å². The van der Waals surface area contributed by atoms with E-state index in [2.05, 4.69) is 42.2 Å². The summed E-state index contributed by atoms with van der Waals surface area (Å²) in [5.41, 5.74) is 4.51. The van der Waals surface area contributed by atoms with Crippen molar-refractivity contribution in [2.24, 2.45) is 0 Å². The molecular formula is C23H27N2O3S+. The highest BCUT2D eigenvalue weighted by Gasteiger charge is 2.27. The standard InChI is InChI=1S/C23H26N2O3S/c1-5-28-23(27)21-16(4)25-15(3)20(21)18(26)13-24-22(19-7-6-12-29-19)17-10-8-14(2)9-11-17/h6-12,22,24-25H,5,13H2,1-4H3/p+1/t22-/m0/s1. The Hall–Kier alpha value is -2.70. The summed E-state index contributed by atoms with van der Waals surface area (Å²) in [6.45, 7) is 7.94. The van der Waals surface area contributed by atoms with Crippen LogP contribution in [-0.4, -0.2) is 29.9 Å². The first-order chi connectivity index (χ1) is 13.9. The van der Waals surface area contributed by atoms with E-state index in [-0.39, 0.29) is 25.0 Å². The molecule has 0 amide bonds. The van der Waals surface area contributed by atoms with Crippen LogP contribution in [0.5, 0.6) is 0 Å². The number of ether oxygens (including phenoxy) is 1. The second-order valence-corrected chi connectivity index (χ2v) is 8.09. The third-order valence-electron chi connectivity index (χ3n) is 4.96. The fourth-order valence-electron chi connectivity index (χ4n) is 3.57. The van der Waals surface area contributed by atoms with Gasteiger partial charge in [-0.25, -0.2) is 4.79 Å². The maximum Gasteiger partial charge on any atom is 0.340 e. The molecular weight excluding hydrogens is 384 g/mol. The van der Waals surface area contributed by atoms with E-state index in [1.165, 1.54) is 10.4 Å². The SMILES string of the molecule is CCOC(=O)c1c(C)[nH]c(C)c1C(=O)C[NH2+][C@@H](c1ccc(C)cc1)c1cccs1. The summed E-state index contributed by atoms with van der Waals surface area (Å²) in [7, 11) is 0. The van der Waals surface area contributed by atoms with Crippen molar-refractivity contribution in [3.05, 3.63) is 80.3 Å². The number of H-pyrrole nitrogens is 1. The zero-order valence-electron chi connectivity index (χ0n) is 17.2. The number of nitrogens with one attached hydrogen (secondary N) is 1. The van der Waals surface area contributed by atoms with E-state index >= 15 is 0 Å². The van der Waals surface area contributed by atoms with Gasteiger partial charge < -0.3 is 15.0 Å². The maximum absolute atomic E-state index is 13.1. The van der Waals surface area contributed by atoms with E-state index in [0.717, 1.165) is 5.56 Å². The van der Waals surface area contributed by atoms with Crippen LogP contribution in [0.2, 0.25) is 0 Å². The van der Waals surface area contributed by atoms with Gasteiger partial charge in [0.2, 0.25) is 5.78 Å². The second-order valence-electron chi connectivity index (χ2n) is 7.11. The Kier molecular flexibility index (Phi) is 6.67. The molecule has 152 valence electrons. The lowest BCUT2D eigenvalue weighted by molar-refractivity contribution is -0.675. The number of aromatic nitrogens is 1. The van der Waals surface area contributed by atoms with Crippen molar-refractivity contribution in [1.82, 2.24) is 4.98 Å². The van der Waals surface area contributed by atoms with Gasteiger partial charge in [0.15, 0.2) is 0 Å². The van der Waals surface area contributed by atoms with Gasteiger partial charge in [-0.15, -0.1) is 11.3 Å². The van der Waals surface area contributed by atoms with Crippen molar-refractivity contribution in [3.8, 4) is 0 Å². The van der Waals surface area contributed by atoms with Crippen LogP contribution in [0.3, 0.4) is 0 Å². The van der Waals surface area contributed by atoms with Crippen LogP contribution in [-0.2, 0) is 4.74 Å². The number of ketones is 1. The van der Waals surface area contributed by atoms with Crippen LogP contribution in [0, 0.1) is 20.8 Å². The Morgan fingerprint density at radius 2 is 1.76 bits per heavy atom. The van der Waals surface area contributed by atoms with Gasteiger partial charge in [-0.05, 0) is 39.1 Å². The smallest absolute Gasteiger partial charge is 0.340 e. The molecule has 0 radical (unpaired) electrons. The fourth-order valence-corrected chi connectivity index (χ4v) is 4.42. The lowest BCUT2D eigenvalue weighted by atomic mass is 10.0. The predicted molar refractivity (Wildman–Crippen MR) is 115 cm³/mol. The Morgan fingerprint density at radius 1 is 1.07 bits per heavy atom. The number of rotatable bonds is 8. The number of aryl methyl sites for hydroxylation is 3. The van der Waals surface area contributed by atoms with Crippen molar-refractivity contribution in [2.75, 3.05) is 13.2 Å². The number of nitrogens with two attached hydrogens (primary N) is 1. The largest absolute Gasteiger partial charge is 0.462 e. The Morgan fingerprint density at radius 3 is 2.38 bits per heavy atom. The van der Waals surface area contributed by atoms with Gasteiger partial charge in [-0.3, -0.25) is 4.79 Å². The quantitative estimate of drug-likeness (QED) is 0.438. The maximum atomic E-state index is 13.1. The summed E-state index contributed by atoms with van der Waals surface area (Å²) in [5.74, 6) is -0.533. The number of carbonyl (C=O) groups excluding carboxylic acids is 2. The molecule has 1 aromatic carbocycles. The van der Waals surface area contributed by atoms with Crippen molar-refractivity contribution < 1.29 is 19.6 Å². The normalized spacial score (nSPS) is 12.0. The first kappa shape index (κ1) is 21.0. The number of esters is 1. The highest BCUT2D eigenvalue weighted by molar-refractivity contribution is 7.10. The van der Waals surface area contributed by atoms with E-state index in [1.807, 2.05) is 23.7 Å². The molecule has 0 fully saturated rings. The van der Waals surface area contributed by atoms with Gasteiger partial charge in [0.25, 0.3) is 0 Å². The van der Waals surface area contributed by atoms with Gasteiger partial charge in [0, 0.05) is 17.0 Å². The number of Topliss-reactive ketones (excluding diaryl/α,β-unsaturated/α-hetero) is 1. The van der Waals surface area contributed by atoms with Crippen molar-refractivity contribution >= 4 is 23.1 Å². The van der Waals surface area contributed by atoms with Crippen LogP contribution in [0.1, 0.15) is 61.1 Å². The minimum atomic E-state index is -0.453. The van der Waals surface area contributed by atoms with Gasteiger partial charge in [-0.2, -0.15) is 0 Å². The predicted octanol–water partition coefficient (Wildman–Crippen LogP) is 3.71. The average Bonchev–Trinajstić information content (AvgIpc) is 3.31. The monoisotopic (exact) mass is 411 g/mol. The molecule has 0 saturated carbocycles. The van der Waals surface area contributed by atoms with Crippen LogP contribution >= 0.6 is 11.3 Å². The average molecular weight is 412 g/mol.